The Morgan fingerprint density at radius 2 is 1.37 bits per heavy atom. The molecule has 0 aliphatic rings. The van der Waals surface area contributed by atoms with Gasteiger partial charge in [0.25, 0.3) is 0 Å². The number of carboxylic acid groups (broad SMARTS) is 1. The fourth-order valence-electron chi connectivity index (χ4n) is 1.85. The number of aryl methyl sites for hydroxylation is 1. The number of ether oxygens (including phenoxy) is 2. The van der Waals surface area contributed by atoms with Crippen molar-refractivity contribution < 1.29 is 33.8 Å². The molecule has 0 aliphatic heterocycles. The van der Waals surface area contributed by atoms with Crippen LogP contribution in [0.25, 0.3) is 0 Å². The molecule has 0 amide bonds. The third-order valence-electron chi connectivity index (χ3n) is 3.71. The maximum atomic E-state index is 11.9. The molecule has 0 aromatic heterocycles. The Morgan fingerprint density at radius 1 is 0.889 bits per heavy atom. The van der Waals surface area contributed by atoms with Crippen LogP contribution in [-0.2, 0) is 35.3 Å². The molecule has 4 atom stereocenters. The molecular weight excluding hydrogens is 360 g/mol. The Balaban J connectivity index is 2.60. The van der Waals surface area contributed by atoms with Gasteiger partial charge in [-0.25, -0.2) is 9.59 Å². The van der Waals surface area contributed by atoms with Crippen molar-refractivity contribution in [2.45, 2.75) is 37.7 Å². The average Bonchev–Trinajstić information content (AvgIpc) is 2.64. The van der Waals surface area contributed by atoms with E-state index < -0.39 is 48.0 Å². The van der Waals surface area contributed by atoms with Crippen LogP contribution in [0.5, 0.6) is 0 Å². The number of nitrogens with two attached hydrogens (primary N) is 4. The number of carbonyl (C=O) groups excluding carboxylic acids is 3. The Labute approximate surface area is 154 Å². The SMILES string of the molecule is Cc1ccccc1COC(=O)C(N)C(N)C(=O)OC(=O)C(N)C(N)C(=O)O. The van der Waals surface area contributed by atoms with Crippen molar-refractivity contribution in [2.75, 3.05) is 0 Å². The van der Waals surface area contributed by atoms with Gasteiger partial charge in [0.05, 0.1) is 0 Å². The molecule has 11 heteroatoms. The van der Waals surface area contributed by atoms with Crippen LogP contribution in [0, 0.1) is 6.92 Å². The van der Waals surface area contributed by atoms with E-state index in [2.05, 4.69) is 4.74 Å². The number of hydrogen-bond acceptors (Lipinski definition) is 10. The molecule has 0 saturated carbocycles. The van der Waals surface area contributed by atoms with Crippen LogP contribution in [0.3, 0.4) is 0 Å². The number of carbonyl (C=O) groups is 4. The third-order valence-corrected chi connectivity index (χ3v) is 3.71. The predicted molar refractivity (Wildman–Crippen MR) is 91.6 cm³/mol. The molecule has 148 valence electrons. The highest BCUT2D eigenvalue weighted by Crippen LogP contribution is 2.09. The molecule has 1 rings (SSSR count). The molecule has 0 radical (unpaired) electrons. The van der Waals surface area contributed by atoms with Gasteiger partial charge in [0.2, 0.25) is 0 Å². The second-order valence-corrected chi connectivity index (χ2v) is 5.72. The summed E-state index contributed by atoms with van der Waals surface area (Å²) >= 11 is 0. The van der Waals surface area contributed by atoms with Crippen molar-refractivity contribution >= 4 is 23.9 Å². The van der Waals surface area contributed by atoms with Crippen molar-refractivity contribution in [2.24, 2.45) is 22.9 Å². The monoisotopic (exact) mass is 382 g/mol. The molecule has 0 aliphatic carbocycles. The minimum Gasteiger partial charge on any atom is -0.480 e. The van der Waals surface area contributed by atoms with E-state index in [9.17, 15) is 19.2 Å². The minimum atomic E-state index is -1.80. The Bertz CT molecular complexity index is 724. The molecule has 27 heavy (non-hydrogen) atoms. The fraction of sp³-hybridized carbons (Fsp3) is 0.375. The second kappa shape index (κ2) is 9.73. The molecule has 0 spiro atoms. The van der Waals surface area contributed by atoms with E-state index in [0.29, 0.717) is 0 Å². The summed E-state index contributed by atoms with van der Waals surface area (Å²) in [5.41, 5.74) is 23.1. The molecule has 1 aromatic carbocycles. The first-order chi connectivity index (χ1) is 12.6. The molecule has 0 bridgehead atoms. The highest BCUT2D eigenvalue weighted by molar-refractivity contribution is 5.96. The van der Waals surface area contributed by atoms with Gasteiger partial charge in [-0.05, 0) is 18.1 Å². The molecule has 0 fully saturated rings. The van der Waals surface area contributed by atoms with E-state index in [1.807, 2.05) is 19.1 Å². The van der Waals surface area contributed by atoms with Crippen LogP contribution >= 0.6 is 0 Å². The van der Waals surface area contributed by atoms with E-state index in [-0.39, 0.29) is 6.61 Å². The topological polar surface area (TPSA) is 211 Å². The number of aliphatic carboxylic acids is 1. The predicted octanol–water partition coefficient (Wildman–Crippen LogP) is -2.50. The lowest BCUT2D eigenvalue weighted by atomic mass is 10.1. The normalized spacial score (nSPS) is 15.1. The number of carboxylic acids is 1. The smallest absolute Gasteiger partial charge is 0.332 e. The standard InChI is InChI=1S/C16H22N4O7/c1-7-4-2-3-5-8(7)6-26-14(23)11(19)12(20)16(25)27-15(24)10(18)9(17)13(21)22/h2-5,9-12H,6,17-20H2,1H3,(H,21,22). The zero-order chi connectivity index (χ0) is 20.7. The Kier molecular flexibility index (Phi) is 7.99. The van der Waals surface area contributed by atoms with E-state index in [1.165, 1.54) is 0 Å². The van der Waals surface area contributed by atoms with E-state index in [1.54, 1.807) is 12.1 Å². The summed E-state index contributed by atoms with van der Waals surface area (Å²) < 4.78 is 9.34. The maximum Gasteiger partial charge on any atom is 0.332 e. The van der Waals surface area contributed by atoms with E-state index in [4.69, 9.17) is 32.8 Å². The van der Waals surface area contributed by atoms with Crippen LogP contribution in [0.4, 0.5) is 0 Å². The summed E-state index contributed by atoms with van der Waals surface area (Å²) in [5.74, 6) is -5.33. The first-order valence-electron chi connectivity index (χ1n) is 7.78. The van der Waals surface area contributed by atoms with Crippen LogP contribution in [0.15, 0.2) is 24.3 Å². The van der Waals surface area contributed by atoms with Gasteiger partial charge in [0, 0.05) is 0 Å². The summed E-state index contributed by atoms with van der Waals surface area (Å²) in [5, 5.41) is 8.67. The van der Waals surface area contributed by atoms with Gasteiger partial charge >= 0.3 is 23.9 Å². The van der Waals surface area contributed by atoms with Crippen LogP contribution in [0.2, 0.25) is 0 Å². The zero-order valence-corrected chi connectivity index (χ0v) is 14.5. The zero-order valence-electron chi connectivity index (χ0n) is 14.5. The lowest BCUT2D eigenvalue weighted by Gasteiger charge is -2.19. The highest BCUT2D eigenvalue weighted by atomic mass is 16.6. The van der Waals surface area contributed by atoms with Gasteiger partial charge in [0.1, 0.15) is 30.8 Å². The van der Waals surface area contributed by atoms with E-state index >= 15 is 0 Å². The van der Waals surface area contributed by atoms with Gasteiger partial charge in [-0.3, -0.25) is 9.59 Å². The molecule has 1 aromatic rings. The minimum absolute atomic E-state index is 0.0851. The average molecular weight is 382 g/mol. The van der Waals surface area contributed by atoms with Crippen LogP contribution in [-0.4, -0.2) is 53.2 Å². The molecule has 9 N–H and O–H groups in total. The molecule has 4 unspecified atom stereocenters. The lowest BCUT2D eigenvalue weighted by molar-refractivity contribution is -0.165. The molecule has 0 saturated heterocycles. The summed E-state index contributed by atoms with van der Waals surface area (Å²) in [4.78, 5) is 46.1. The molecule has 0 heterocycles. The first kappa shape index (κ1) is 22.2. The lowest BCUT2D eigenvalue weighted by Crippen LogP contribution is -2.56. The number of esters is 3. The first-order valence-corrected chi connectivity index (χ1v) is 7.78. The summed E-state index contributed by atoms with van der Waals surface area (Å²) in [6.45, 7) is 1.74. The molecular formula is C16H22N4O7. The third kappa shape index (κ3) is 6.11. The quantitative estimate of drug-likeness (QED) is 0.234. The number of rotatable bonds is 8. The Hall–Kier alpha value is -2.86. The maximum absolute atomic E-state index is 11.9. The Morgan fingerprint density at radius 3 is 1.89 bits per heavy atom. The van der Waals surface area contributed by atoms with Crippen molar-refractivity contribution in [1.82, 2.24) is 0 Å². The number of hydrogen-bond donors (Lipinski definition) is 5. The van der Waals surface area contributed by atoms with Gasteiger partial charge in [0.15, 0.2) is 0 Å². The van der Waals surface area contributed by atoms with Gasteiger partial charge < -0.3 is 37.5 Å². The van der Waals surface area contributed by atoms with Gasteiger partial charge in [-0.15, -0.1) is 0 Å². The van der Waals surface area contributed by atoms with Crippen LogP contribution < -0.4 is 22.9 Å². The largest absolute Gasteiger partial charge is 0.480 e. The summed E-state index contributed by atoms with van der Waals surface area (Å²) in [6.07, 6.45) is 0. The summed E-state index contributed by atoms with van der Waals surface area (Å²) in [7, 11) is 0. The van der Waals surface area contributed by atoms with Crippen molar-refractivity contribution in [3.8, 4) is 0 Å². The highest BCUT2D eigenvalue weighted by Gasteiger charge is 2.35. The van der Waals surface area contributed by atoms with Gasteiger partial charge in [-0.2, -0.15) is 0 Å². The fourth-order valence-corrected chi connectivity index (χ4v) is 1.85. The van der Waals surface area contributed by atoms with Crippen LogP contribution in [0.1, 0.15) is 11.1 Å². The van der Waals surface area contributed by atoms with Crippen molar-refractivity contribution in [1.29, 1.82) is 0 Å². The van der Waals surface area contributed by atoms with Gasteiger partial charge in [-0.1, -0.05) is 24.3 Å². The second-order valence-electron chi connectivity index (χ2n) is 5.72. The number of benzene rings is 1. The van der Waals surface area contributed by atoms with Crippen molar-refractivity contribution in [3.05, 3.63) is 35.4 Å². The van der Waals surface area contributed by atoms with E-state index in [0.717, 1.165) is 11.1 Å². The van der Waals surface area contributed by atoms with Crippen molar-refractivity contribution in [3.63, 3.8) is 0 Å². The summed E-state index contributed by atoms with van der Waals surface area (Å²) in [6, 6.07) is 0.214. The molecule has 11 nitrogen and oxygen atoms in total.